The lowest BCUT2D eigenvalue weighted by atomic mass is 10.2. The van der Waals surface area contributed by atoms with E-state index in [9.17, 15) is 0 Å². The van der Waals surface area contributed by atoms with Gasteiger partial charge in [-0.3, -0.25) is 0 Å². The Morgan fingerprint density at radius 2 is 2.22 bits per heavy atom. The second kappa shape index (κ2) is 8.09. The quantitative estimate of drug-likeness (QED) is 0.528. The van der Waals surface area contributed by atoms with Crippen LogP contribution in [0.4, 0.5) is 5.82 Å². The molecule has 0 saturated carbocycles. The number of nitrogens with two attached hydrogens (primary N) is 1. The normalized spacial score (nSPS) is 12.2. The highest BCUT2D eigenvalue weighted by Gasteiger charge is 2.17. The van der Waals surface area contributed by atoms with E-state index in [-0.39, 0.29) is 23.7 Å². The average Bonchev–Trinajstić information content (AvgIpc) is 3.07. The van der Waals surface area contributed by atoms with E-state index in [1.54, 1.807) is 22.7 Å². The van der Waals surface area contributed by atoms with Gasteiger partial charge in [0.2, 0.25) is 5.28 Å². The Kier molecular flexibility index (Phi) is 6.65. The predicted molar refractivity (Wildman–Crippen MR) is 106 cm³/mol. The topological polar surface area (TPSA) is 63.8 Å². The van der Waals surface area contributed by atoms with E-state index < -0.39 is 0 Å². The summed E-state index contributed by atoms with van der Waals surface area (Å²) >= 11 is 13.1. The molecule has 1 atom stereocenters. The van der Waals surface area contributed by atoms with Gasteiger partial charge in [-0.05, 0) is 52.3 Å². The molecule has 3 aromatic heterocycles. The Hall–Kier alpha value is -0.440. The molecule has 0 spiro atoms. The Morgan fingerprint density at radius 3 is 2.87 bits per heavy atom. The number of halogens is 3. The third kappa shape index (κ3) is 4.35. The summed E-state index contributed by atoms with van der Waals surface area (Å²) in [5, 5.41) is 5.66. The van der Waals surface area contributed by atoms with Crippen molar-refractivity contribution in [2.75, 3.05) is 5.32 Å². The van der Waals surface area contributed by atoms with E-state index in [0.717, 1.165) is 33.5 Å². The molecule has 3 rings (SSSR count). The molecule has 3 heterocycles. The van der Waals surface area contributed by atoms with Crippen molar-refractivity contribution in [1.29, 1.82) is 0 Å². The zero-order valence-corrected chi connectivity index (χ0v) is 17.0. The van der Waals surface area contributed by atoms with Gasteiger partial charge in [-0.15, -0.1) is 35.1 Å². The number of nitrogens with one attached hydrogen (secondary N) is 1. The maximum absolute atomic E-state index is 6.07. The molecular formula is C14H15BrCl2N4S2. The molecule has 0 aliphatic heterocycles. The zero-order chi connectivity index (χ0) is 15.7. The minimum Gasteiger partial charge on any atom is -0.364 e. The molecule has 0 radical (unpaired) electrons. The molecule has 23 heavy (non-hydrogen) atoms. The van der Waals surface area contributed by atoms with Crippen LogP contribution in [-0.4, -0.2) is 16.0 Å². The Labute approximate surface area is 162 Å². The number of rotatable bonds is 5. The van der Waals surface area contributed by atoms with Gasteiger partial charge in [0, 0.05) is 15.8 Å². The van der Waals surface area contributed by atoms with Gasteiger partial charge in [0.25, 0.3) is 0 Å². The fourth-order valence-electron chi connectivity index (χ4n) is 2.10. The van der Waals surface area contributed by atoms with E-state index in [1.807, 2.05) is 13.0 Å². The van der Waals surface area contributed by atoms with Crippen molar-refractivity contribution in [3.05, 3.63) is 37.0 Å². The van der Waals surface area contributed by atoms with Gasteiger partial charge in [-0.25, -0.2) is 4.98 Å². The van der Waals surface area contributed by atoms with Gasteiger partial charge >= 0.3 is 0 Å². The third-order valence-corrected chi connectivity index (χ3v) is 6.40. The summed E-state index contributed by atoms with van der Waals surface area (Å²) in [5.41, 5.74) is 6.76. The molecule has 0 amide bonds. The van der Waals surface area contributed by atoms with Crippen LogP contribution >= 0.6 is 62.6 Å². The molecule has 0 unspecified atom stereocenters. The fourth-order valence-corrected chi connectivity index (χ4v) is 4.97. The van der Waals surface area contributed by atoms with Crippen molar-refractivity contribution >= 4 is 78.6 Å². The van der Waals surface area contributed by atoms with Crippen LogP contribution in [0.1, 0.15) is 16.7 Å². The van der Waals surface area contributed by atoms with Crippen molar-refractivity contribution in [3.63, 3.8) is 0 Å². The van der Waals surface area contributed by atoms with Crippen LogP contribution in [0.15, 0.2) is 22.0 Å². The molecule has 9 heteroatoms. The minimum atomic E-state index is 0. The molecule has 0 aromatic carbocycles. The monoisotopic (exact) mass is 452 g/mol. The highest BCUT2D eigenvalue weighted by Crippen LogP contribution is 2.39. The van der Waals surface area contributed by atoms with Crippen molar-refractivity contribution in [2.24, 2.45) is 5.73 Å². The van der Waals surface area contributed by atoms with Gasteiger partial charge in [-0.1, -0.05) is 6.07 Å². The van der Waals surface area contributed by atoms with Gasteiger partial charge < -0.3 is 11.1 Å². The molecular weight excluding hydrogens is 439 g/mol. The Morgan fingerprint density at radius 1 is 1.43 bits per heavy atom. The van der Waals surface area contributed by atoms with Crippen LogP contribution in [0.3, 0.4) is 0 Å². The van der Waals surface area contributed by atoms with Crippen LogP contribution in [-0.2, 0) is 13.0 Å². The van der Waals surface area contributed by atoms with Crippen LogP contribution < -0.4 is 11.1 Å². The maximum Gasteiger partial charge on any atom is 0.225 e. The Bertz CT molecular complexity index is 790. The van der Waals surface area contributed by atoms with Crippen LogP contribution in [0.5, 0.6) is 0 Å². The fraction of sp³-hybridized carbons (Fsp3) is 0.286. The minimum absolute atomic E-state index is 0. The zero-order valence-electron chi connectivity index (χ0n) is 12.2. The standard InChI is InChI=1S/C14H14BrClN4S2.ClH/c1-7(17)5-9-10(15)11-12(22-9)13(20-14(16)19-11)18-6-8-3-2-4-21-8;/h2-4,7H,5-6,17H2,1H3,(H,18,19,20);1H/t7-;/m0./s1. The summed E-state index contributed by atoms with van der Waals surface area (Å²) in [7, 11) is 0. The van der Waals surface area contributed by atoms with Crippen LogP contribution in [0.2, 0.25) is 5.28 Å². The number of thiophene rings is 2. The van der Waals surface area contributed by atoms with Crippen molar-refractivity contribution in [3.8, 4) is 0 Å². The van der Waals surface area contributed by atoms with Crippen molar-refractivity contribution < 1.29 is 0 Å². The lowest BCUT2D eigenvalue weighted by molar-refractivity contribution is 0.745. The number of aromatic nitrogens is 2. The molecule has 3 aromatic rings. The van der Waals surface area contributed by atoms with E-state index >= 15 is 0 Å². The predicted octanol–water partition coefficient (Wildman–Crippen LogP) is 5.09. The van der Waals surface area contributed by atoms with Gasteiger partial charge in [0.15, 0.2) is 0 Å². The van der Waals surface area contributed by atoms with Crippen LogP contribution in [0, 0.1) is 0 Å². The first-order chi connectivity index (χ1) is 10.5. The lowest BCUT2D eigenvalue weighted by Crippen LogP contribution is -2.17. The molecule has 0 aliphatic rings. The third-order valence-electron chi connectivity index (χ3n) is 3.03. The molecule has 124 valence electrons. The van der Waals surface area contributed by atoms with Gasteiger partial charge in [0.05, 0.1) is 15.7 Å². The van der Waals surface area contributed by atoms with Crippen molar-refractivity contribution in [1.82, 2.24) is 9.97 Å². The molecule has 0 fully saturated rings. The largest absolute Gasteiger partial charge is 0.364 e. The number of fused-ring (bicyclic) bond motifs is 1. The molecule has 0 aliphatic carbocycles. The van der Waals surface area contributed by atoms with E-state index in [1.165, 1.54) is 9.75 Å². The first kappa shape index (κ1) is 18.9. The molecule has 0 saturated heterocycles. The summed E-state index contributed by atoms with van der Waals surface area (Å²) in [6.07, 6.45) is 0.795. The second-order valence-electron chi connectivity index (χ2n) is 4.97. The number of nitrogens with zero attached hydrogens (tertiary/aromatic N) is 2. The Balaban J connectivity index is 0.00000192. The summed E-state index contributed by atoms with van der Waals surface area (Å²) in [6, 6.07) is 4.21. The first-order valence-electron chi connectivity index (χ1n) is 6.71. The molecule has 4 nitrogen and oxygen atoms in total. The number of anilines is 1. The average molecular weight is 454 g/mol. The summed E-state index contributed by atoms with van der Waals surface area (Å²) in [4.78, 5) is 11.1. The first-order valence-corrected chi connectivity index (χ1v) is 9.57. The van der Waals surface area contributed by atoms with Gasteiger partial charge in [0.1, 0.15) is 11.3 Å². The van der Waals surface area contributed by atoms with E-state index in [4.69, 9.17) is 17.3 Å². The van der Waals surface area contributed by atoms with Crippen molar-refractivity contribution in [2.45, 2.75) is 25.9 Å². The molecule has 0 bridgehead atoms. The summed E-state index contributed by atoms with van der Waals surface area (Å²) in [6.45, 7) is 2.71. The number of hydrogen-bond donors (Lipinski definition) is 2. The molecule has 3 N–H and O–H groups in total. The SMILES string of the molecule is C[C@H](N)Cc1sc2c(NCc3cccs3)nc(Cl)nc2c1Br.Cl. The van der Waals surface area contributed by atoms with E-state index in [2.05, 4.69) is 42.7 Å². The highest BCUT2D eigenvalue weighted by molar-refractivity contribution is 9.10. The highest BCUT2D eigenvalue weighted by atomic mass is 79.9. The number of hydrogen-bond acceptors (Lipinski definition) is 6. The summed E-state index contributed by atoms with van der Waals surface area (Å²) < 4.78 is 1.97. The second-order valence-corrected chi connectivity index (χ2v) is 8.24. The smallest absolute Gasteiger partial charge is 0.225 e. The van der Waals surface area contributed by atoms with Crippen LogP contribution in [0.25, 0.3) is 10.2 Å². The summed E-state index contributed by atoms with van der Waals surface area (Å²) in [5.74, 6) is 0.769. The maximum atomic E-state index is 6.07. The van der Waals surface area contributed by atoms with Gasteiger partial charge in [-0.2, -0.15) is 4.98 Å². The lowest BCUT2D eigenvalue weighted by Gasteiger charge is -2.05. The van der Waals surface area contributed by atoms with E-state index in [0.29, 0.717) is 0 Å².